The van der Waals surface area contributed by atoms with Gasteiger partial charge in [0.05, 0.1) is 0 Å². The average Bonchev–Trinajstić information content (AvgIpc) is 2.02. The van der Waals surface area contributed by atoms with Crippen molar-refractivity contribution in [1.29, 1.82) is 0 Å². The van der Waals surface area contributed by atoms with Crippen LogP contribution in [-0.4, -0.2) is 22.5 Å². The van der Waals surface area contributed by atoms with Crippen molar-refractivity contribution in [1.82, 2.24) is 0 Å². The van der Waals surface area contributed by atoms with Gasteiger partial charge in [-0.1, -0.05) is 0 Å². The molecule has 0 aromatic heterocycles. The molecule has 0 aliphatic carbocycles. The Morgan fingerprint density at radius 2 is 1.71 bits per heavy atom. The quantitative estimate of drug-likeness (QED) is 0.764. The Labute approximate surface area is 83.7 Å². The molecular weight excluding hydrogens is 202 g/mol. The van der Waals surface area contributed by atoms with Crippen LogP contribution in [0.1, 0.15) is 0 Å². The molecule has 1 rings (SSSR count). The van der Waals surface area contributed by atoms with E-state index in [4.69, 9.17) is 5.14 Å². The van der Waals surface area contributed by atoms with Crippen LogP contribution in [0.5, 0.6) is 0 Å². The maximum absolute atomic E-state index is 10.7. The van der Waals surface area contributed by atoms with Gasteiger partial charge in [0.15, 0.2) is 0 Å². The fourth-order valence-corrected chi connectivity index (χ4v) is 1.46. The van der Waals surface area contributed by atoms with Crippen molar-refractivity contribution in [2.45, 2.75) is 0 Å². The molecule has 0 saturated heterocycles. The Morgan fingerprint density at radius 3 is 2.07 bits per heavy atom. The maximum Gasteiger partial charge on any atom is 0.296 e. The molecule has 1 aromatic carbocycles. The summed E-state index contributed by atoms with van der Waals surface area (Å²) in [4.78, 5) is 1.92. The van der Waals surface area contributed by atoms with Crippen molar-refractivity contribution in [3.63, 3.8) is 0 Å². The van der Waals surface area contributed by atoms with E-state index in [1.54, 1.807) is 24.3 Å². The van der Waals surface area contributed by atoms with Crippen LogP contribution >= 0.6 is 0 Å². The first-order valence-corrected chi connectivity index (χ1v) is 5.51. The summed E-state index contributed by atoms with van der Waals surface area (Å²) >= 11 is 0. The maximum atomic E-state index is 10.7. The van der Waals surface area contributed by atoms with Crippen molar-refractivity contribution in [2.75, 3.05) is 23.7 Å². The summed E-state index contributed by atoms with van der Waals surface area (Å²) < 4.78 is 23.5. The van der Waals surface area contributed by atoms with Crippen molar-refractivity contribution in [3.8, 4) is 0 Å². The lowest BCUT2D eigenvalue weighted by Crippen LogP contribution is -2.21. The Morgan fingerprint density at radius 1 is 1.21 bits per heavy atom. The molecule has 0 radical (unpaired) electrons. The molecule has 0 aliphatic rings. The third-order valence-electron chi connectivity index (χ3n) is 1.64. The van der Waals surface area contributed by atoms with Gasteiger partial charge in [-0.05, 0) is 24.3 Å². The minimum Gasteiger partial charge on any atom is -0.378 e. The van der Waals surface area contributed by atoms with Gasteiger partial charge in [-0.25, -0.2) is 5.14 Å². The van der Waals surface area contributed by atoms with E-state index in [1.807, 2.05) is 19.0 Å². The van der Waals surface area contributed by atoms with Gasteiger partial charge < -0.3 is 4.90 Å². The summed E-state index contributed by atoms with van der Waals surface area (Å²) in [5.41, 5.74) is 1.45. The summed E-state index contributed by atoms with van der Waals surface area (Å²) in [6, 6.07) is 6.90. The van der Waals surface area contributed by atoms with Gasteiger partial charge in [0.25, 0.3) is 10.2 Å². The van der Waals surface area contributed by atoms with Gasteiger partial charge in [0, 0.05) is 25.5 Å². The van der Waals surface area contributed by atoms with Gasteiger partial charge in [-0.2, -0.15) is 8.42 Å². The highest BCUT2D eigenvalue weighted by Gasteiger charge is 2.01. The molecule has 3 N–H and O–H groups in total. The predicted octanol–water partition coefficient (Wildman–Crippen LogP) is 0.368. The molecule has 0 heterocycles. The lowest BCUT2D eigenvalue weighted by Gasteiger charge is -2.12. The van der Waals surface area contributed by atoms with Gasteiger partial charge in [0.1, 0.15) is 0 Å². The Bertz CT molecular complexity index is 397. The van der Waals surface area contributed by atoms with Crippen LogP contribution in [0.3, 0.4) is 0 Å². The van der Waals surface area contributed by atoms with Crippen molar-refractivity contribution in [2.24, 2.45) is 5.14 Å². The van der Waals surface area contributed by atoms with E-state index >= 15 is 0 Å². The highest BCUT2D eigenvalue weighted by Crippen LogP contribution is 2.15. The van der Waals surface area contributed by atoms with Crippen LogP contribution in [0.2, 0.25) is 0 Å². The Hall–Kier alpha value is -1.27. The SMILES string of the molecule is CN(C)c1ccc(NS(N)(=O)=O)cc1. The van der Waals surface area contributed by atoms with Crippen molar-refractivity contribution < 1.29 is 8.42 Å². The number of nitrogens with two attached hydrogens (primary N) is 1. The molecule has 6 heteroatoms. The molecule has 1 aromatic rings. The van der Waals surface area contributed by atoms with Gasteiger partial charge in [0.2, 0.25) is 0 Å². The van der Waals surface area contributed by atoms with Crippen LogP contribution in [0.15, 0.2) is 24.3 Å². The number of benzene rings is 1. The topological polar surface area (TPSA) is 75.4 Å². The van der Waals surface area contributed by atoms with Crippen LogP contribution in [0.4, 0.5) is 11.4 Å². The summed E-state index contributed by atoms with van der Waals surface area (Å²) in [5, 5.41) is 4.82. The highest BCUT2D eigenvalue weighted by molar-refractivity contribution is 7.90. The molecule has 0 fully saturated rings. The molecule has 0 spiro atoms. The second-order valence-corrected chi connectivity index (χ2v) is 4.38. The summed E-state index contributed by atoms with van der Waals surface area (Å²) in [7, 11) is 0.136. The fraction of sp³-hybridized carbons (Fsp3) is 0.250. The normalized spacial score (nSPS) is 11.1. The number of rotatable bonds is 3. The second-order valence-electron chi connectivity index (χ2n) is 3.09. The van der Waals surface area contributed by atoms with E-state index in [9.17, 15) is 8.42 Å². The highest BCUT2D eigenvalue weighted by atomic mass is 32.2. The molecule has 14 heavy (non-hydrogen) atoms. The molecule has 0 bridgehead atoms. The standard InChI is InChI=1S/C8H13N3O2S/c1-11(2)8-5-3-7(4-6-8)10-14(9,12)13/h3-6,10H,1-2H3,(H2,9,12,13). The van der Waals surface area contributed by atoms with Gasteiger partial charge in [-0.3, -0.25) is 4.72 Å². The van der Waals surface area contributed by atoms with Gasteiger partial charge >= 0.3 is 0 Å². The fourth-order valence-electron chi connectivity index (χ4n) is 0.992. The zero-order chi connectivity index (χ0) is 10.8. The number of nitrogens with zero attached hydrogens (tertiary/aromatic N) is 1. The molecule has 0 aliphatic heterocycles. The molecule has 0 saturated carbocycles. The van der Waals surface area contributed by atoms with E-state index in [-0.39, 0.29) is 0 Å². The van der Waals surface area contributed by atoms with Crippen LogP contribution in [0.25, 0.3) is 0 Å². The van der Waals surface area contributed by atoms with Crippen molar-refractivity contribution in [3.05, 3.63) is 24.3 Å². The van der Waals surface area contributed by atoms with Gasteiger partial charge in [-0.15, -0.1) is 0 Å². The van der Waals surface area contributed by atoms with E-state index in [2.05, 4.69) is 4.72 Å². The summed E-state index contributed by atoms with van der Waals surface area (Å²) in [6.45, 7) is 0. The molecular formula is C8H13N3O2S. The zero-order valence-electron chi connectivity index (χ0n) is 8.06. The Kier molecular flexibility index (Phi) is 2.97. The minimum atomic E-state index is -3.67. The molecule has 78 valence electrons. The Balaban J connectivity index is 2.84. The number of hydrogen-bond donors (Lipinski definition) is 2. The smallest absolute Gasteiger partial charge is 0.296 e. The lowest BCUT2D eigenvalue weighted by atomic mass is 10.3. The minimum absolute atomic E-state index is 0.457. The number of hydrogen-bond acceptors (Lipinski definition) is 3. The van der Waals surface area contributed by atoms with Crippen LogP contribution in [0, 0.1) is 0 Å². The first-order valence-electron chi connectivity index (χ1n) is 3.96. The van der Waals surface area contributed by atoms with E-state index in [0.717, 1.165) is 5.69 Å². The van der Waals surface area contributed by atoms with Crippen LogP contribution < -0.4 is 14.8 Å². The summed E-state index contributed by atoms with van der Waals surface area (Å²) in [5.74, 6) is 0. The number of anilines is 2. The van der Waals surface area contributed by atoms with E-state index < -0.39 is 10.2 Å². The average molecular weight is 215 g/mol. The van der Waals surface area contributed by atoms with E-state index in [1.165, 1.54) is 0 Å². The molecule has 5 nitrogen and oxygen atoms in total. The lowest BCUT2D eigenvalue weighted by molar-refractivity contribution is 0.603. The third kappa shape index (κ3) is 3.23. The summed E-state index contributed by atoms with van der Waals surface area (Å²) in [6.07, 6.45) is 0. The predicted molar refractivity (Wildman–Crippen MR) is 57.5 cm³/mol. The second kappa shape index (κ2) is 3.85. The first kappa shape index (κ1) is 10.8. The monoisotopic (exact) mass is 215 g/mol. The van der Waals surface area contributed by atoms with E-state index in [0.29, 0.717) is 5.69 Å². The third-order valence-corrected chi connectivity index (χ3v) is 2.16. The zero-order valence-corrected chi connectivity index (χ0v) is 8.88. The van der Waals surface area contributed by atoms with Crippen molar-refractivity contribution >= 4 is 21.6 Å². The van der Waals surface area contributed by atoms with Crippen LogP contribution in [-0.2, 0) is 10.2 Å². The molecule has 0 atom stereocenters. The largest absolute Gasteiger partial charge is 0.378 e. The molecule has 0 amide bonds. The molecule has 0 unspecified atom stereocenters. The number of nitrogens with one attached hydrogen (secondary N) is 1. The first-order chi connectivity index (χ1) is 6.38.